The molecule has 0 aliphatic rings. The van der Waals surface area contributed by atoms with Crippen LogP contribution in [0.4, 0.5) is 4.39 Å². The Labute approximate surface area is 138 Å². The van der Waals surface area contributed by atoms with E-state index in [0.29, 0.717) is 17.4 Å². The second-order valence-electron chi connectivity index (χ2n) is 5.18. The van der Waals surface area contributed by atoms with E-state index in [1.807, 2.05) is 13.8 Å². The lowest BCUT2D eigenvalue weighted by molar-refractivity contribution is 0.268. The standard InChI is InChI=1S/C16H16ClFN4O/c1-10-15(11(2)22(20-10)8-9-23)21-7-6-19-16(21)14-12(17)4-3-5-13(14)18/h3-7,23H,8-9H2,1-2H3. The average Bonchev–Trinajstić information content (AvgIpc) is 3.05. The average molecular weight is 335 g/mol. The lowest BCUT2D eigenvalue weighted by Crippen LogP contribution is -2.07. The summed E-state index contributed by atoms with van der Waals surface area (Å²) < 4.78 is 17.7. The van der Waals surface area contributed by atoms with Gasteiger partial charge in [-0.15, -0.1) is 0 Å². The van der Waals surface area contributed by atoms with Gasteiger partial charge in [-0.1, -0.05) is 17.7 Å². The van der Waals surface area contributed by atoms with E-state index in [1.165, 1.54) is 6.07 Å². The second-order valence-corrected chi connectivity index (χ2v) is 5.59. The fraction of sp³-hybridized carbons (Fsp3) is 0.250. The molecule has 23 heavy (non-hydrogen) atoms. The van der Waals surface area contributed by atoms with E-state index in [-0.39, 0.29) is 12.2 Å². The van der Waals surface area contributed by atoms with Gasteiger partial charge in [0.25, 0.3) is 0 Å². The molecule has 0 amide bonds. The predicted molar refractivity (Wildman–Crippen MR) is 86.3 cm³/mol. The number of aromatic nitrogens is 4. The number of aliphatic hydroxyl groups is 1. The van der Waals surface area contributed by atoms with E-state index >= 15 is 0 Å². The van der Waals surface area contributed by atoms with Crippen LogP contribution in [0.15, 0.2) is 30.6 Å². The Morgan fingerprint density at radius 2 is 2.09 bits per heavy atom. The fourth-order valence-electron chi connectivity index (χ4n) is 2.73. The van der Waals surface area contributed by atoms with Crippen LogP contribution in [0.5, 0.6) is 0 Å². The van der Waals surface area contributed by atoms with Crippen LogP contribution in [-0.4, -0.2) is 31.0 Å². The van der Waals surface area contributed by atoms with Gasteiger partial charge < -0.3 is 5.11 Å². The lowest BCUT2D eigenvalue weighted by Gasteiger charge is -2.11. The molecule has 2 heterocycles. The highest BCUT2D eigenvalue weighted by atomic mass is 35.5. The minimum Gasteiger partial charge on any atom is -0.394 e. The quantitative estimate of drug-likeness (QED) is 0.797. The van der Waals surface area contributed by atoms with Crippen molar-refractivity contribution in [3.05, 3.63) is 52.8 Å². The maximum Gasteiger partial charge on any atom is 0.149 e. The molecule has 0 aliphatic carbocycles. The van der Waals surface area contributed by atoms with Crippen LogP contribution < -0.4 is 0 Å². The molecule has 120 valence electrons. The van der Waals surface area contributed by atoms with Crippen molar-refractivity contribution < 1.29 is 9.50 Å². The van der Waals surface area contributed by atoms with Gasteiger partial charge in [0, 0.05) is 12.4 Å². The molecule has 0 saturated heterocycles. The van der Waals surface area contributed by atoms with E-state index in [0.717, 1.165) is 17.1 Å². The van der Waals surface area contributed by atoms with Gasteiger partial charge in [0.05, 0.1) is 40.8 Å². The number of hydrogen-bond acceptors (Lipinski definition) is 3. The number of aryl methyl sites for hydroxylation is 1. The summed E-state index contributed by atoms with van der Waals surface area (Å²) in [4.78, 5) is 4.27. The van der Waals surface area contributed by atoms with Crippen LogP contribution in [0.25, 0.3) is 17.1 Å². The zero-order valence-electron chi connectivity index (χ0n) is 12.8. The second kappa shape index (κ2) is 6.14. The first-order valence-electron chi connectivity index (χ1n) is 7.17. The predicted octanol–water partition coefficient (Wildman–Crippen LogP) is 3.14. The van der Waals surface area contributed by atoms with E-state index in [4.69, 9.17) is 16.7 Å². The number of halogens is 2. The topological polar surface area (TPSA) is 55.9 Å². The Kier molecular flexibility index (Phi) is 4.19. The van der Waals surface area contributed by atoms with Crippen molar-refractivity contribution in [1.82, 2.24) is 19.3 Å². The minimum absolute atomic E-state index is 0.00265. The van der Waals surface area contributed by atoms with Gasteiger partial charge in [0.2, 0.25) is 0 Å². The summed E-state index contributed by atoms with van der Waals surface area (Å²) >= 11 is 6.17. The first kappa shape index (κ1) is 15.7. The van der Waals surface area contributed by atoms with Crippen LogP contribution in [0.3, 0.4) is 0 Å². The van der Waals surface area contributed by atoms with Crippen molar-refractivity contribution in [2.45, 2.75) is 20.4 Å². The molecule has 2 aromatic heterocycles. The highest BCUT2D eigenvalue weighted by molar-refractivity contribution is 6.33. The summed E-state index contributed by atoms with van der Waals surface area (Å²) in [5, 5.41) is 13.9. The molecule has 0 saturated carbocycles. The third kappa shape index (κ3) is 2.64. The van der Waals surface area contributed by atoms with Gasteiger partial charge in [-0.25, -0.2) is 9.37 Å². The van der Waals surface area contributed by atoms with Crippen molar-refractivity contribution in [1.29, 1.82) is 0 Å². The molecule has 1 aromatic carbocycles. The minimum atomic E-state index is -0.428. The monoisotopic (exact) mass is 334 g/mol. The molecule has 3 rings (SSSR count). The summed E-state index contributed by atoms with van der Waals surface area (Å²) in [6.07, 6.45) is 3.35. The van der Waals surface area contributed by atoms with Gasteiger partial charge in [-0.05, 0) is 26.0 Å². The molecule has 5 nitrogen and oxygen atoms in total. The number of aliphatic hydroxyl groups excluding tert-OH is 1. The number of imidazole rings is 1. The van der Waals surface area contributed by atoms with Crippen LogP contribution in [0.1, 0.15) is 11.4 Å². The zero-order valence-corrected chi connectivity index (χ0v) is 13.5. The fourth-order valence-corrected chi connectivity index (χ4v) is 2.98. The number of benzene rings is 1. The van der Waals surface area contributed by atoms with Gasteiger partial charge in [0.1, 0.15) is 11.6 Å². The highest BCUT2D eigenvalue weighted by Gasteiger charge is 2.20. The van der Waals surface area contributed by atoms with Gasteiger partial charge in [-0.3, -0.25) is 9.25 Å². The maximum absolute atomic E-state index is 14.2. The van der Waals surface area contributed by atoms with Gasteiger partial charge >= 0.3 is 0 Å². The molecule has 7 heteroatoms. The molecule has 1 N–H and O–H groups in total. The van der Waals surface area contributed by atoms with Crippen molar-refractivity contribution >= 4 is 11.6 Å². The highest BCUT2D eigenvalue weighted by Crippen LogP contribution is 2.32. The first-order chi connectivity index (χ1) is 11.0. The summed E-state index contributed by atoms with van der Waals surface area (Å²) in [7, 11) is 0. The molecule has 0 fully saturated rings. The van der Waals surface area contributed by atoms with E-state index < -0.39 is 5.82 Å². The molecule has 0 bridgehead atoms. The molecular formula is C16H16ClFN4O. The largest absolute Gasteiger partial charge is 0.394 e. The third-order valence-corrected chi connectivity index (χ3v) is 4.04. The van der Waals surface area contributed by atoms with Gasteiger partial charge in [0.15, 0.2) is 0 Å². The van der Waals surface area contributed by atoms with E-state index in [9.17, 15) is 4.39 Å². The Bertz CT molecular complexity index is 836. The molecule has 0 radical (unpaired) electrons. The molecular weight excluding hydrogens is 319 g/mol. The van der Waals surface area contributed by atoms with E-state index in [2.05, 4.69) is 10.1 Å². The lowest BCUT2D eigenvalue weighted by atomic mass is 10.2. The summed E-state index contributed by atoms with van der Waals surface area (Å²) in [6, 6.07) is 4.55. The SMILES string of the molecule is Cc1nn(CCO)c(C)c1-n1ccnc1-c1c(F)cccc1Cl. The molecule has 0 aliphatic heterocycles. The number of hydrogen-bond donors (Lipinski definition) is 1. The Balaban J connectivity index is 2.20. The van der Waals surface area contributed by atoms with Crippen molar-refractivity contribution in [2.24, 2.45) is 0 Å². The van der Waals surface area contributed by atoms with Crippen molar-refractivity contribution in [3.63, 3.8) is 0 Å². The third-order valence-electron chi connectivity index (χ3n) is 3.72. The zero-order chi connectivity index (χ0) is 16.6. The van der Waals surface area contributed by atoms with Crippen molar-refractivity contribution in [3.8, 4) is 17.1 Å². The number of rotatable bonds is 4. The maximum atomic E-state index is 14.2. The Hall–Kier alpha value is -2.18. The van der Waals surface area contributed by atoms with E-state index in [1.54, 1.807) is 33.8 Å². The number of nitrogens with zero attached hydrogens (tertiary/aromatic N) is 4. The van der Waals surface area contributed by atoms with Crippen LogP contribution in [0.2, 0.25) is 5.02 Å². The molecule has 3 aromatic rings. The van der Waals surface area contributed by atoms with Crippen LogP contribution >= 0.6 is 11.6 Å². The van der Waals surface area contributed by atoms with Crippen molar-refractivity contribution in [2.75, 3.05) is 6.61 Å². The summed E-state index contributed by atoms with van der Waals surface area (Å²) in [6.45, 7) is 4.16. The summed E-state index contributed by atoms with van der Waals surface area (Å²) in [5.41, 5.74) is 2.70. The first-order valence-corrected chi connectivity index (χ1v) is 7.55. The Morgan fingerprint density at radius 1 is 1.30 bits per heavy atom. The smallest absolute Gasteiger partial charge is 0.149 e. The molecule has 0 atom stereocenters. The van der Waals surface area contributed by atoms with Crippen LogP contribution in [0, 0.1) is 19.7 Å². The summed E-state index contributed by atoms with van der Waals surface area (Å²) in [5.74, 6) is -0.00847. The van der Waals surface area contributed by atoms with Crippen LogP contribution in [-0.2, 0) is 6.54 Å². The van der Waals surface area contributed by atoms with Gasteiger partial charge in [-0.2, -0.15) is 5.10 Å². The molecule has 0 unspecified atom stereocenters. The Morgan fingerprint density at radius 3 is 2.78 bits per heavy atom. The normalized spacial score (nSPS) is 11.2. The molecule has 0 spiro atoms.